The van der Waals surface area contributed by atoms with Crippen molar-refractivity contribution in [1.82, 2.24) is 4.72 Å². The van der Waals surface area contributed by atoms with Gasteiger partial charge in [0, 0.05) is 6.42 Å². The van der Waals surface area contributed by atoms with E-state index >= 15 is 4.39 Å². The van der Waals surface area contributed by atoms with E-state index in [0.717, 1.165) is 6.42 Å². The fourth-order valence-corrected chi connectivity index (χ4v) is 4.94. The van der Waals surface area contributed by atoms with Gasteiger partial charge in [-0.25, -0.2) is 22.2 Å². The van der Waals surface area contributed by atoms with Crippen LogP contribution in [0, 0.1) is 11.7 Å². The van der Waals surface area contributed by atoms with Crippen molar-refractivity contribution in [1.29, 1.82) is 0 Å². The summed E-state index contributed by atoms with van der Waals surface area (Å²) in [6.45, 7) is -0.595. The first-order chi connectivity index (χ1) is 12.7. The molecule has 3 rings (SSSR count). The van der Waals surface area contributed by atoms with Gasteiger partial charge < -0.3 is 5.11 Å². The quantitative estimate of drug-likeness (QED) is 0.711. The van der Waals surface area contributed by atoms with Gasteiger partial charge >= 0.3 is 10.2 Å². The Morgan fingerprint density at radius 2 is 2.07 bits per heavy atom. The van der Waals surface area contributed by atoms with Gasteiger partial charge in [-0.05, 0) is 48.8 Å². The summed E-state index contributed by atoms with van der Waals surface area (Å²) in [4.78, 5) is 11.4. The molecule has 1 fully saturated rings. The van der Waals surface area contributed by atoms with E-state index in [4.69, 9.17) is 0 Å². The lowest BCUT2D eigenvalue weighted by atomic mass is 9.80. The first-order valence-electron chi connectivity index (χ1n) is 8.83. The lowest BCUT2D eigenvalue weighted by Gasteiger charge is -2.27. The summed E-state index contributed by atoms with van der Waals surface area (Å²) < 4.78 is 65.8. The highest BCUT2D eigenvalue weighted by atomic mass is 32.2. The van der Waals surface area contributed by atoms with Crippen molar-refractivity contribution in [2.45, 2.75) is 51.4 Å². The molecule has 2 aliphatic rings. The fourth-order valence-electron chi connectivity index (χ4n) is 3.77. The molecule has 1 aromatic rings. The number of phenolic OH excluding ortho intramolecular Hbond substituents is 1. The number of unbranched alkanes of at least 4 members (excludes halogenated alkanes) is 1. The predicted octanol–water partition coefficient (Wildman–Crippen LogP) is 2.64. The molecule has 0 bridgehead atoms. The Morgan fingerprint density at radius 1 is 1.33 bits per heavy atom. The van der Waals surface area contributed by atoms with Crippen LogP contribution in [-0.2, 0) is 27.8 Å². The van der Waals surface area contributed by atoms with Crippen molar-refractivity contribution in [3.8, 4) is 5.75 Å². The van der Waals surface area contributed by atoms with Crippen molar-refractivity contribution in [3.63, 3.8) is 0 Å². The summed E-state index contributed by atoms with van der Waals surface area (Å²) in [5.41, 5.74) is 0.404. The third kappa shape index (κ3) is 4.15. The second-order valence-electron chi connectivity index (χ2n) is 7.02. The van der Waals surface area contributed by atoms with Crippen LogP contribution >= 0.6 is 0 Å². The molecule has 0 aromatic heterocycles. The standard InChI is InChI=1S/C17H21F3N2O4S/c18-14(19)4-2-1-3-10-5-6-11-8-13(23)17(16(20)12(11)7-10)22-9-15(24)21-27(22,25)26/h8,10,14,23H,1-7,9H2,(H,21,24). The molecule has 1 saturated heterocycles. The zero-order chi connectivity index (χ0) is 19.8. The number of fused-ring (bicyclic) bond motifs is 1. The number of rotatable bonds is 6. The second kappa shape index (κ2) is 7.57. The molecule has 10 heteroatoms. The molecule has 6 nitrogen and oxygen atoms in total. The van der Waals surface area contributed by atoms with Gasteiger partial charge in [0.25, 0.3) is 5.91 Å². The molecule has 1 aliphatic heterocycles. The number of aromatic hydroxyl groups is 1. The average molecular weight is 406 g/mol. The molecule has 27 heavy (non-hydrogen) atoms. The van der Waals surface area contributed by atoms with Gasteiger partial charge in [0.1, 0.15) is 18.0 Å². The summed E-state index contributed by atoms with van der Waals surface area (Å²) in [7, 11) is -4.24. The smallest absolute Gasteiger partial charge is 0.326 e. The molecule has 1 aromatic carbocycles. The third-order valence-corrected chi connectivity index (χ3v) is 6.46. The van der Waals surface area contributed by atoms with Crippen molar-refractivity contribution in [3.05, 3.63) is 23.0 Å². The van der Waals surface area contributed by atoms with Gasteiger partial charge in [0.05, 0.1) is 0 Å². The number of nitrogens with one attached hydrogen (secondary N) is 1. The van der Waals surface area contributed by atoms with E-state index in [2.05, 4.69) is 0 Å². The van der Waals surface area contributed by atoms with E-state index in [9.17, 15) is 27.1 Å². The number of benzene rings is 1. The molecular weight excluding hydrogens is 385 g/mol. The number of aryl methyl sites for hydroxylation is 1. The first kappa shape index (κ1) is 19.8. The Morgan fingerprint density at radius 3 is 2.70 bits per heavy atom. The van der Waals surface area contributed by atoms with Gasteiger partial charge in [0.15, 0.2) is 5.82 Å². The lowest BCUT2D eigenvalue weighted by Crippen LogP contribution is -2.31. The summed E-state index contributed by atoms with van der Waals surface area (Å²) in [6, 6.07) is 1.35. The molecule has 150 valence electrons. The third-order valence-electron chi connectivity index (χ3n) is 5.08. The average Bonchev–Trinajstić information content (AvgIpc) is 2.84. The van der Waals surface area contributed by atoms with Crippen LogP contribution < -0.4 is 9.03 Å². The van der Waals surface area contributed by atoms with Crippen LogP contribution in [0.4, 0.5) is 18.9 Å². The molecule has 1 atom stereocenters. The van der Waals surface area contributed by atoms with Crippen molar-refractivity contribution >= 4 is 21.8 Å². The zero-order valence-corrected chi connectivity index (χ0v) is 15.4. The number of anilines is 1. The number of hydrogen-bond donors (Lipinski definition) is 2. The number of halogens is 3. The van der Waals surface area contributed by atoms with Crippen LogP contribution in [0.1, 0.15) is 43.2 Å². The van der Waals surface area contributed by atoms with Crippen LogP contribution in [0.5, 0.6) is 5.75 Å². The molecule has 2 N–H and O–H groups in total. The Labute approximate surface area is 155 Å². The van der Waals surface area contributed by atoms with Gasteiger partial charge in [-0.3, -0.25) is 4.79 Å². The van der Waals surface area contributed by atoms with Crippen LogP contribution in [0.25, 0.3) is 0 Å². The Balaban J connectivity index is 1.81. The van der Waals surface area contributed by atoms with Crippen molar-refractivity contribution in [2.24, 2.45) is 5.92 Å². The molecule has 1 heterocycles. The largest absolute Gasteiger partial charge is 0.506 e. The Kier molecular flexibility index (Phi) is 5.55. The topological polar surface area (TPSA) is 86.7 Å². The number of alkyl halides is 2. The first-order valence-corrected chi connectivity index (χ1v) is 10.3. The summed E-state index contributed by atoms with van der Waals surface area (Å²) in [6.07, 6.45) is 0.857. The SMILES string of the molecule is O=C1CN(c2c(O)cc3c(c2F)CC(CCCCC(F)F)CC3)S(=O)(=O)N1. The molecule has 1 unspecified atom stereocenters. The molecule has 1 aliphatic carbocycles. The molecule has 0 radical (unpaired) electrons. The van der Waals surface area contributed by atoms with Crippen molar-refractivity contribution in [2.75, 3.05) is 10.8 Å². The summed E-state index contributed by atoms with van der Waals surface area (Å²) in [5.74, 6) is -2.07. The van der Waals surface area contributed by atoms with E-state index in [1.807, 2.05) is 0 Å². The normalized spacial score (nSPS) is 21.4. The van der Waals surface area contributed by atoms with Gasteiger partial charge in [-0.2, -0.15) is 8.42 Å². The molecule has 1 amide bonds. The maximum atomic E-state index is 15.1. The minimum atomic E-state index is -4.24. The van der Waals surface area contributed by atoms with Gasteiger partial charge in [-0.1, -0.05) is 12.8 Å². The number of carbonyl (C=O) groups is 1. The summed E-state index contributed by atoms with van der Waals surface area (Å²) >= 11 is 0. The molecule has 0 spiro atoms. The Bertz CT molecular complexity index is 845. The van der Waals surface area contributed by atoms with E-state index in [0.29, 0.717) is 47.5 Å². The summed E-state index contributed by atoms with van der Waals surface area (Å²) in [5, 5.41) is 10.2. The highest BCUT2D eigenvalue weighted by Crippen LogP contribution is 2.41. The monoisotopic (exact) mass is 406 g/mol. The zero-order valence-electron chi connectivity index (χ0n) is 14.6. The van der Waals surface area contributed by atoms with Crippen LogP contribution in [0.15, 0.2) is 6.07 Å². The van der Waals surface area contributed by atoms with E-state index < -0.39 is 46.3 Å². The number of nitrogens with zero attached hydrogens (tertiary/aromatic N) is 1. The van der Waals surface area contributed by atoms with Crippen LogP contribution in [0.2, 0.25) is 0 Å². The maximum Gasteiger partial charge on any atom is 0.326 e. The van der Waals surface area contributed by atoms with E-state index in [1.165, 1.54) is 6.07 Å². The molecular formula is C17H21F3N2O4S. The van der Waals surface area contributed by atoms with Crippen LogP contribution in [0.3, 0.4) is 0 Å². The second-order valence-corrected chi connectivity index (χ2v) is 8.61. The Hall–Kier alpha value is -1.97. The number of hydrogen-bond acceptors (Lipinski definition) is 4. The highest BCUT2D eigenvalue weighted by Gasteiger charge is 2.39. The van der Waals surface area contributed by atoms with E-state index in [1.54, 1.807) is 4.72 Å². The van der Waals surface area contributed by atoms with Gasteiger partial charge in [-0.15, -0.1) is 0 Å². The van der Waals surface area contributed by atoms with E-state index in [-0.39, 0.29) is 12.3 Å². The minimum Gasteiger partial charge on any atom is -0.506 e. The number of phenols is 1. The maximum absolute atomic E-state index is 15.1. The van der Waals surface area contributed by atoms with Gasteiger partial charge in [0.2, 0.25) is 6.43 Å². The minimum absolute atomic E-state index is 0.108. The van der Waals surface area contributed by atoms with Crippen molar-refractivity contribution < 1.29 is 31.5 Å². The highest BCUT2D eigenvalue weighted by molar-refractivity contribution is 7.92. The predicted molar refractivity (Wildman–Crippen MR) is 92.5 cm³/mol. The number of amides is 1. The van der Waals surface area contributed by atoms with Crippen LogP contribution in [-0.4, -0.2) is 32.4 Å². The number of carbonyl (C=O) groups excluding carboxylic acids is 1. The lowest BCUT2D eigenvalue weighted by molar-refractivity contribution is -0.117. The molecule has 0 saturated carbocycles. The fraction of sp³-hybridized carbons (Fsp3) is 0.588.